The second-order valence-corrected chi connectivity index (χ2v) is 3.88. The summed E-state index contributed by atoms with van der Waals surface area (Å²) in [6.07, 6.45) is 6.23. The van der Waals surface area contributed by atoms with E-state index in [1.807, 2.05) is 0 Å². The average Bonchev–Trinajstić information content (AvgIpc) is 2.47. The van der Waals surface area contributed by atoms with E-state index in [1.165, 1.54) is 32.1 Å². The van der Waals surface area contributed by atoms with Gasteiger partial charge < -0.3 is 11.1 Å². The van der Waals surface area contributed by atoms with Crippen molar-refractivity contribution < 1.29 is 0 Å². The van der Waals surface area contributed by atoms with E-state index >= 15 is 0 Å². The maximum atomic E-state index is 5.97. The summed E-state index contributed by atoms with van der Waals surface area (Å²) in [5.74, 6) is 0. The minimum atomic E-state index is 0.408. The summed E-state index contributed by atoms with van der Waals surface area (Å²) in [6, 6.07) is 1.68. The Kier molecular flexibility index (Phi) is 4.02. The highest BCUT2D eigenvalue weighted by Gasteiger charge is 2.24. The van der Waals surface area contributed by atoms with Crippen molar-refractivity contribution in [3.8, 4) is 0 Å². The van der Waals surface area contributed by atoms with Gasteiger partial charge in [-0.25, -0.2) is 0 Å². The molecule has 0 aromatic carbocycles. The topological polar surface area (TPSA) is 38.0 Å². The molecule has 1 aliphatic rings. The van der Waals surface area contributed by atoms with E-state index in [-0.39, 0.29) is 0 Å². The van der Waals surface area contributed by atoms with E-state index in [4.69, 9.17) is 5.73 Å². The Bertz CT molecular complexity index is 121. The van der Waals surface area contributed by atoms with Crippen molar-refractivity contribution in [3.05, 3.63) is 0 Å². The van der Waals surface area contributed by atoms with Gasteiger partial charge in [0.2, 0.25) is 0 Å². The van der Waals surface area contributed by atoms with Crippen molar-refractivity contribution in [1.82, 2.24) is 5.32 Å². The van der Waals surface area contributed by atoms with E-state index in [2.05, 4.69) is 19.2 Å². The van der Waals surface area contributed by atoms with E-state index in [1.54, 1.807) is 0 Å². The zero-order valence-electron chi connectivity index (χ0n) is 8.34. The van der Waals surface area contributed by atoms with Crippen molar-refractivity contribution in [1.29, 1.82) is 0 Å². The highest BCUT2D eigenvalue weighted by molar-refractivity contribution is 4.87. The van der Waals surface area contributed by atoms with Gasteiger partial charge in [-0.05, 0) is 25.7 Å². The lowest BCUT2D eigenvalue weighted by atomic mass is 10.1. The van der Waals surface area contributed by atoms with Crippen molar-refractivity contribution in [2.75, 3.05) is 0 Å². The lowest BCUT2D eigenvalue weighted by Gasteiger charge is -2.23. The first-order valence-corrected chi connectivity index (χ1v) is 5.29. The predicted octanol–water partition coefficient (Wildman–Crippen LogP) is 1.64. The molecule has 0 saturated heterocycles. The Hall–Kier alpha value is -0.0800. The molecular weight excluding hydrogens is 148 g/mol. The van der Waals surface area contributed by atoms with Crippen molar-refractivity contribution >= 4 is 0 Å². The Balaban J connectivity index is 2.28. The number of hydrogen-bond donors (Lipinski definition) is 2. The van der Waals surface area contributed by atoms with Gasteiger partial charge in [-0.1, -0.05) is 20.3 Å². The quantitative estimate of drug-likeness (QED) is 0.673. The van der Waals surface area contributed by atoms with Crippen LogP contribution in [0.3, 0.4) is 0 Å². The summed E-state index contributed by atoms with van der Waals surface area (Å²) < 4.78 is 0. The van der Waals surface area contributed by atoms with Gasteiger partial charge in [0, 0.05) is 18.1 Å². The molecule has 0 heterocycles. The first-order valence-electron chi connectivity index (χ1n) is 5.29. The summed E-state index contributed by atoms with van der Waals surface area (Å²) in [4.78, 5) is 0. The first kappa shape index (κ1) is 10.0. The van der Waals surface area contributed by atoms with Crippen LogP contribution in [0.4, 0.5) is 0 Å². The standard InChI is InChI=1S/C10H22N2/c1-3-8(4-2)12-10-7-5-6-9(10)11/h8-10,12H,3-7,11H2,1-2H3. The smallest absolute Gasteiger partial charge is 0.0221 e. The third kappa shape index (κ3) is 2.46. The zero-order chi connectivity index (χ0) is 8.97. The molecule has 1 fully saturated rings. The van der Waals surface area contributed by atoms with E-state index in [0.29, 0.717) is 18.1 Å². The minimum absolute atomic E-state index is 0.408. The molecule has 72 valence electrons. The zero-order valence-corrected chi connectivity index (χ0v) is 8.34. The van der Waals surface area contributed by atoms with Crippen molar-refractivity contribution in [3.63, 3.8) is 0 Å². The van der Waals surface area contributed by atoms with Crippen LogP contribution in [0.15, 0.2) is 0 Å². The maximum absolute atomic E-state index is 5.97. The summed E-state index contributed by atoms with van der Waals surface area (Å²) >= 11 is 0. The molecule has 12 heavy (non-hydrogen) atoms. The number of nitrogens with one attached hydrogen (secondary N) is 1. The number of rotatable bonds is 4. The summed E-state index contributed by atoms with van der Waals surface area (Å²) in [5, 5.41) is 3.64. The Labute approximate surface area is 75.9 Å². The second-order valence-electron chi connectivity index (χ2n) is 3.88. The highest BCUT2D eigenvalue weighted by Crippen LogP contribution is 2.18. The molecule has 0 aliphatic heterocycles. The van der Waals surface area contributed by atoms with Gasteiger partial charge in [0.05, 0.1) is 0 Å². The molecule has 1 rings (SSSR count). The first-order chi connectivity index (χ1) is 5.77. The number of hydrogen-bond acceptors (Lipinski definition) is 2. The molecule has 0 aromatic heterocycles. The molecule has 2 unspecified atom stereocenters. The van der Waals surface area contributed by atoms with Crippen LogP contribution in [-0.2, 0) is 0 Å². The highest BCUT2D eigenvalue weighted by atomic mass is 15.0. The van der Waals surface area contributed by atoms with Gasteiger partial charge >= 0.3 is 0 Å². The molecule has 0 bridgehead atoms. The largest absolute Gasteiger partial charge is 0.326 e. The normalized spacial score (nSPS) is 30.0. The van der Waals surface area contributed by atoms with E-state index < -0.39 is 0 Å². The molecular formula is C10H22N2. The second kappa shape index (κ2) is 4.83. The van der Waals surface area contributed by atoms with Crippen molar-refractivity contribution in [2.45, 2.75) is 64.1 Å². The van der Waals surface area contributed by atoms with E-state index in [0.717, 1.165) is 0 Å². The van der Waals surface area contributed by atoms with Crippen LogP contribution in [0.5, 0.6) is 0 Å². The fraction of sp³-hybridized carbons (Fsp3) is 1.00. The summed E-state index contributed by atoms with van der Waals surface area (Å²) in [6.45, 7) is 4.48. The molecule has 1 saturated carbocycles. The molecule has 0 amide bonds. The van der Waals surface area contributed by atoms with Gasteiger partial charge in [-0.15, -0.1) is 0 Å². The Morgan fingerprint density at radius 1 is 1.33 bits per heavy atom. The van der Waals surface area contributed by atoms with Gasteiger partial charge in [0.15, 0.2) is 0 Å². The fourth-order valence-corrected chi connectivity index (χ4v) is 2.02. The predicted molar refractivity (Wildman–Crippen MR) is 53.1 cm³/mol. The Morgan fingerprint density at radius 2 is 2.00 bits per heavy atom. The van der Waals surface area contributed by atoms with Crippen LogP contribution in [0.25, 0.3) is 0 Å². The third-order valence-electron chi connectivity index (χ3n) is 3.00. The minimum Gasteiger partial charge on any atom is -0.326 e. The molecule has 0 aromatic rings. The van der Waals surface area contributed by atoms with Crippen LogP contribution in [0.1, 0.15) is 46.0 Å². The van der Waals surface area contributed by atoms with Crippen molar-refractivity contribution in [2.24, 2.45) is 5.73 Å². The van der Waals surface area contributed by atoms with Gasteiger partial charge in [-0.3, -0.25) is 0 Å². The maximum Gasteiger partial charge on any atom is 0.0221 e. The van der Waals surface area contributed by atoms with Crippen LogP contribution in [0.2, 0.25) is 0 Å². The third-order valence-corrected chi connectivity index (χ3v) is 3.00. The van der Waals surface area contributed by atoms with Crippen LogP contribution >= 0.6 is 0 Å². The summed E-state index contributed by atoms with van der Waals surface area (Å²) in [5.41, 5.74) is 5.97. The van der Waals surface area contributed by atoms with Crippen LogP contribution < -0.4 is 11.1 Å². The summed E-state index contributed by atoms with van der Waals surface area (Å²) in [7, 11) is 0. The molecule has 2 atom stereocenters. The Morgan fingerprint density at radius 3 is 2.42 bits per heavy atom. The molecule has 2 nitrogen and oxygen atoms in total. The molecule has 0 radical (unpaired) electrons. The lowest BCUT2D eigenvalue weighted by molar-refractivity contribution is 0.388. The molecule has 2 heteroatoms. The fourth-order valence-electron chi connectivity index (χ4n) is 2.02. The molecule has 0 spiro atoms. The van der Waals surface area contributed by atoms with E-state index in [9.17, 15) is 0 Å². The molecule has 1 aliphatic carbocycles. The SMILES string of the molecule is CCC(CC)NC1CCCC1N. The monoisotopic (exact) mass is 170 g/mol. The average molecular weight is 170 g/mol. The van der Waals surface area contributed by atoms with Gasteiger partial charge in [-0.2, -0.15) is 0 Å². The molecule has 3 N–H and O–H groups in total. The van der Waals surface area contributed by atoms with Gasteiger partial charge in [0.25, 0.3) is 0 Å². The number of nitrogens with two attached hydrogens (primary N) is 1. The van der Waals surface area contributed by atoms with Crippen LogP contribution in [0, 0.1) is 0 Å². The van der Waals surface area contributed by atoms with Crippen LogP contribution in [-0.4, -0.2) is 18.1 Å². The van der Waals surface area contributed by atoms with Gasteiger partial charge in [0.1, 0.15) is 0 Å². The lowest BCUT2D eigenvalue weighted by Crippen LogP contribution is -2.45.